The summed E-state index contributed by atoms with van der Waals surface area (Å²) in [6.45, 7) is -3.22. The van der Waals surface area contributed by atoms with Crippen molar-refractivity contribution in [2.75, 3.05) is 12.8 Å². The number of carbonyl (C=O) groups excluding carboxylic acids is 2. The average molecular weight is 535 g/mol. The Labute approximate surface area is 201 Å². The zero-order chi connectivity index (χ0) is 27.1. The van der Waals surface area contributed by atoms with E-state index in [2.05, 4.69) is 14.8 Å². The molecule has 0 spiro atoms. The number of ether oxygens (including phenoxy) is 2. The van der Waals surface area contributed by atoms with Crippen LogP contribution in [0.15, 0.2) is 48.5 Å². The molecule has 1 N–H and O–H groups in total. The number of alkyl halides is 5. The molecule has 0 aliphatic heterocycles. The van der Waals surface area contributed by atoms with E-state index in [0.29, 0.717) is 4.90 Å². The molecule has 0 aliphatic rings. The van der Waals surface area contributed by atoms with E-state index in [1.54, 1.807) is 0 Å². The van der Waals surface area contributed by atoms with Crippen LogP contribution in [-0.4, -0.2) is 56.9 Å². The molecule has 0 fully saturated rings. The van der Waals surface area contributed by atoms with E-state index in [1.165, 1.54) is 24.4 Å². The van der Waals surface area contributed by atoms with Crippen LogP contribution in [0.1, 0.15) is 15.9 Å². The van der Waals surface area contributed by atoms with Crippen LogP contribution in [0.3, 0.4) is 0 Å². The number of benzene rings is 2. The lowest BCUT2D eigenvalue weighted by Crippen LogP contribution is -2.50. The molecule has 0 bridgehead atoms. The van der Waals surface area contributed by atoms with Crippen LogP contribution in [0.2, 0.25) is 0 Å². The third-order valence-electron chi connectivity index (χ3n) is 4.42. The normalized spacial score (nSPS) is 12.4. The van der Waals surface area contributed by atoms with Crippen molar-refractivity contribution >= 4 is 21.7 Å². The molecule has 0 radical (unpaired) electrons. The minimum Gasteiger partial charge on any atom is -0.435 e. The molecule has 0 saturated carbocycles. The van der Waals surface area contributed by atoms with Crippen LogP contribution in [0.25, 0.3) is 0 Å². The Morgan fingerprint density at radius 3 is 2.28 bits per heavy atom. The van der Waals surface area contributed by atoms with Gasteiger partial charge in [0.2, 0.25) is 0 Å². The lowest BCUT2D eigenvalue weighted by atomic mass is 10.2. The molecular weight excluding hydrogens is 517 g/mol. The van der Waals surface area contributed by atoms with Gasteiger partial charge in [-0.2, -0.15) is 14.0 Å². The molecule has 2 amide bonds. The molecule has 1 atom stereocenters. The highest BCUT2D eigenvalue weighted by Gasteiger charge is 2.32. The first-order valence-electron chi connectivity index (χ1n) is 9.78. The van der Waals surface area contributed by atoms with E-state index < -0.39 is 63.7 Å². The summed E-state index contributed by atoms with van der Waals surface area (Å²) in [7, 11) is -3.26. The lowest BCUT2D eigenvalue weighted by molar-refractivity contribution is -0.274. The van der Waals surface area contributed by atoms with Gasteiger partial charge in [0.25, 0.3) is 11.8 Å². The first kappa shape index (κ1) is 28.3. The molecule has 194 valence electrons. The fourth-order valence-corrected chi connectivity index (χ4v) is 4.46. The number of nitrogens with zero attached hydrogens (tertiary/aromatic N) is 2. The predicted octanol–water partition coefficient (Wildman–Crippen LogP) is 2.84. The van der Waals surface area contributed by atoms with E-state index in [1.807, 2.05) is 0 Å². The summed E-state index contributed by atoms with van der Waals surface area (Å²) in [5, 5.41) is 11.1. The molecule has 0 saturated heterocycles. The van der Waals surface area contributed by atoms with Gasteiger partial charge in [-0.15, -0.1) is 13.2 Å². The topological polar surface area (TPSA) is 126 Å². The van der Waals surface area contributed by atoms with Gasteiger partial charge in [-0.05, 0) is 30.3 Å². The summed E-state index contributed by atoms with van der Waals surface area (Å²) < 4.78 is 95.7. The number of sulfone groups is 1. The summed E-state index contributed by atoms with van der Waals surface area (Å²) >= 11 is 0. The fraction of sp³-hybridized carbons (Fsp3) is 0.286. The van der Waals surface area contributed by atoms with Crippen molar-refractivity contribution in [1.29, 1.82) is 5.26 Å². The van der Waals surface area contributed by atoms with Crippen molar-refractivity contribution in [3.05, 3.63) is 59.7 Å². The maximum atomic E-state index is 12.8. The van der Waals surface area contributed by atoms with Gasteiger partial charge in [-0.1, -0.05) is 18.2 Å². The van der Waals surface area contributed by atoms with Gasteiger partial charge >= 0.3 is 13.0 Å². The quantitative estimate of drug-likeness (QED) is 0.282. The number of rotatable bonds is 10. The number of para-hydroxylation sites is 1. The van der Waals surface area contributed by atoms with Crippen molar-refractivity contribution in [3.63, 3.8) is 0 Å². The van der Waals surface area contributed by atoms with E-state index in [0.717, 1.165) is 37.4 Å². The molecule has 0 heterocycles. The van der Waals surface area contributed by atoms with Crippen LogP contribution < -0.4 is 14.8 Å². The maximum Gasteiger partial charge on any atom is 0.573 e. The molecule has 2 aromatic rings. The zero-order valence-corrected chi connectivity index (χ0v) is 19.1. The zero-order valence-electron chi connectivity index (χ0n) is 18.3. The summed E-state index contributed by atoms with van der Waals surface area (Å²) in [5.41, 5.74) is -0.376. The Hall–Kier alpha value is -3.93. The van der Waals surface area contributed by atoms with Crippen molar-refractivity contribution in [2.24, 2.45) is 0 Å². The molecule has 36 heavy (non-hydrogen) atoms. The second kappa shape index (κ2) is 11.7. The van der Waals surface area contributed by atoms with Gasteiger partial charge in [-0.3, -0.25) is 14.5 Å². The highest BCUT2D eigenvalue weighted by atomic mass is 32.2. The Morgan fingerprint density at radius 2 is 1.72 bits per heavy atom. The summed E-state index contributed by atoms with van der Waals surface area (Å²) in [6, 6.07) is 6.82. The van der Waals surface area contributed by atoms with E-state index >= 15 is 0 Å². The maximum absolute atomic E-state index is 12.8. The third-order valence-corrected chi connectivity index (χ3v) is 6.01. The van der Waals surface area contributed by atoms with E-state index in [-0.39, 0.29) is 11.1 Å². The molecule has 15 heteroatoms. The van der Waals surface area contributed by atoms with Gasteiger partial charge in [0.15, 0.2) is 16.0 Å². The Morgan fingerprint density at radius 1 is 1.11 bits per heavy atom. The average Bonchev–Trinajstić information content (AvgIpc) is 2.77. The second-order valence-electron chi connectivity index (χ2n) is 7.14. The number of nitrogens with one attached hydrogen (secondary N) is 1. The Kier molecular flexibility index (Phi) is 9.17. The monoisotopic (exact) mass is 535 g/mol. The molecule has 0 aliphatic carbocycles. The van der Waals surface area contributed by atoms with Gasteiger partial charge in [0, 0.05) is 18.2 Å². The first-order valence-corrected chi connectivity index (χ1v) is 11.6. The molecule has 9 nitrogen and oxygen atoms in total. The van der Waals surface area contributed by atoms with Gasteiger partial charge in [0.1, 0.15) is 17.5 Å². The number of hydrogen-bond donors (Lipinski definition) is 1. The highest BCUT2D eigenvalue weighted by Crippen LogP contribution is 2.24. The number of amides is 2. The molecule has 2 rings (SSSR count). The Bertz CT molecular complexity index is 1230. The fourth-order valence-electron chi connectivity index (χ4n) is 2.89. The summed E-state index contributed by atoms with van der Waals surface area (Å²) in [5.74, 6) is -5.03. The van der Waals surface area contributed by atoms with Crippen LogP contribution in [0.5, 0.6) is 11.5 Å². The van der Waals surface area contributed by atoms with Crippen LogP contribution in [0, 0.1) is 11.5 Å². The van der Waals surface area contributed by atoms with Crippen LogP contribution in [0.4, 0.5) is 22.0 Å². The number of likely N-dealkylation sites (N-methyl/N-ethyl adjacent to an activating group) is 1. The number of nitriles is 1. The van der Waals surface area contributed by atoms with E-state index in [4.69, 9.17) is 5.26 Å². The minimum absolute atomic E-state index is 0.135. The first-order chi connectivity index (χ1) is 16.7. The SMILES string of the molecule is CN(C#N)C(=O)[C@H](CS(=O)(=O)Cc1ccccc1OC(F)F)NC(=O)c1ccc(OC(F)(F)F)cc1. The van der Waals surface area contributed by atoms with Crippen LogP contribution in [-0.2, 0) is 20.4 Å². The molecule has 0 unspecified atom stereocenters. The second-order valence-corrected chi connectivity index (χ2v) is 9.25. The lowest BCUT2D eigenvalue weighted by Gasteiger charge is -2.20. The van der Waals surface area contributed by atoms with Crippen molar-refractivity contribution in [3.8, 4) is 17.7 Å². The van der Waals surface area contributed by atoms with Crippen molar-refractivity contribution in [2.45, 2.75) is 24.8 Å². The van der Waals surface area contributed by atoms with Gasteiger partial charge in [0.05, 0.1) is 11.5 Å². The van der Waals surface area contributed by atoms with Gasteiger partial charge in [-0.25, -0.2) is 8.42 Å². The largest absolute Gasteiger partial charge is 0.573 e. The highest BCUT2D eigenvalue weighted by molar-refractivity contribution is 7.90. The summed E-state index contributed by atoms with van der Waals surface area (Å²) in [4.78, 5) is 25.6. The van der Waals surface area contributed by atoms with Crippen molar-refractivity contribution in [1.82, 2.24) is 10.2 Å². The van der Waals surface area contributed by atoms with E-state index in [9.17, 15) is 40.0 Å². The molecular formula is C21H18F5N3O6S. The molecule has 2 aromatic carbocycles. The number of carbonyl (C=O) groups is 2. The Balaban J connectivity index is 2.24. The van der Waals surface area contributed by atoms with Crippen molar-refractivity contribution < 1.29 is 49.4 Å². The number of hydrogen-bond acceptors (Lipinski definition) is 7. The smallest absolute Gasteiger partial charge is 0.435 e. The standard InChI is InChI=1S/C21H18F5N3O6S/c1-29(12-27)19(31)16(28-18(30)13-6-8-15(9-7-13)35-21(24,25)26)11-36(32,33)10-14-4-2-3-5-17(14)34-20(22)23/h2-9,16,20H,10-11H2,1H3,(H,28,30)/t16-/m0/s1. The van der Waals surface area contributed by atoms with Crippen LogP contribution >= 0.6 is 0 Å². The number of halogens is 5. The summed E-state index contributed by atoms with van der Waals surface area (Å²) in [6.07, 6.45) is -3.50. The third kappa shape index (κ3) is 8.69. The van der Waals surface area contributed by atoms with Gasteiger partial charge < -0.3 is 14.8 Å². The minimum atomic E-state index is -4.96. The predicted molar refractivity (Wildman–Crippen MR) is 113 cm³/mol. The molecule has 0 aromatic heterocycles.